The molecule has 1 fully saturated rings. The van der Waals surface area contributed by atoms with Gasteiger partial charge in [0.15, 0.2) is 5.69 Å². The van der Waals surface area contributed by atoms with Gasteiger partial charge in [-0.2, -0.15) is 0 Å². The molecule has 1 aliphatic heterocycles. The first-order chi connectivity index (χ1) is 8.27. The molecule has 17 heavy (non-hydrogen) atoms. The predicted molar refractivity (Wildman–Crippen MR) is 68.5 cm³/mol. The quantitative estimate of drug-likeness (QED) is 0.862. The van der Waals surface area contributed by atoms with Gasteiger partial charge in [-0.1, -0.05) is 6.92 Å². The number of rotatable bonds is 3. The van der Waals surface area contributed by atoms with Crippen LogP contribution in [0.25, 0.3) is 0 Å². The third kappa shape index (κ3) is 2.25. The Morgan fingerprint density at radius 1 is 1.47 bits per heavy atom. The van der Waals surface area contributed by atoms with Gasteiger partial charge >= 0.3 is 0 Å². The molecule has 1 amide bonds. The Labute approximate surface area is 102 Å². The van der Waals surface area contributed by atoms with Gasteiger partial charge in [-0.3, -0.25) is 4.79 Å². The van der Waals surface area contributed by atoms with Crippen molar-refractivity contribution < 1.29 is 4.79 Å². The number of anilines is 1. The molecule has 1 aromatic heterocycles. The van der Waals surface area contributed by atoms with Crippen molar-refractivity contribution in [1.29, 1.82) is 0 Å². The van der Waals surface area contributed by atoms with Crippen LogP contribution in [-0.4, -0.2) is 31.0 Å². The van der Waals surface area contributed by atoms with Gasteiger partial charge < -0.3 is 10.2 Å². The van der Waals surface area contributed by atoms with Crippen molar-refractivity contribution in [3.05, 3.63) is 23.5 Å². The summed E-state index contributed by atoms with van der Waals surface area (Å²) in [5, 5.41) is 2.67. The molecule has 0 bridgehead atoms. The molecule has 1 saturated heterocycles. The summed E-state index contributed by atoms with van der Waals surface area (Å²) in [7, 11) is 1.65. The molecular formula is C13H19N3O. The smallest absolute Gasteiger partial charge is 0.271 e. The maximum Gasteiger partial charge on any atom is 0.271 e. The zero-order valence-corrected chi connectivity index (χ0v) is 10.5. The minimum Gasteiger partial charge on any atom is -0.369 e. The standard InChI is InChI=1S/C13H19N3O/c1-3-10-6-7-15-11(13(17)14-2)12(10)16-8-4-5-9-16/h6-7H,3-5,8-9H2,1-2H3,(H,14,17). The van der Waals surface area contributed by atoms with Crippen molar-refractivity contribution in [1.82, 2.24) is 10.3 Å². The third-order valence-electron chi connectivity index (χ3n) is 3.25. The van der Waals surface area contributed by atoms with Crippen LogP contribution in [0.3, 0.4) is 0 Å². The normalized spacial score (nSPS) is 15.1. The number of carbonyl (C=O) groups excluding carboxylic acids is 1. The van der Waals surface area contributed by atoms with Crippen LogP contribution >= 0.6 is 0 Å². The van der Waals surface area contributed by atoms with Crippen molar-refractivity contribution in [2.45, 2.75) is 26.2 Å². The zero-order valence-electron chi connectivity index (χ0n) is 10.5. The van der Waals surface area contributed by atoms with E-state index in [0.717, 1.165) is 25.2 Å². The molecule has 2 heterocycles. The van der Waals surface area contributed by atoms with Gasteiger partial charge in [0, 0.05) is 26.3 Å². The first-order valence-electron chi connectivity index (χ1n) is 6.22. The summed E-state index contributed by atoms with van der Waals surface area (Å²) in [5.74, 6) is -0.0952. The highest BCUT2D eigenvalue weighted by Crippen LogP contribution is 2.27. The number of aromatic nitrogens is 1. The van der Waals surface area contributed by atoms with Gasteiger partial charge in [0.05, 0.1) is 5.69 Å². The Bertz CT molecular complexity index is 411. The second-order valence-corrected chi connectivity index (χ2v) is 4.29. The van der Waals surface area contributed by atoms with Crippen LogP contribution in [0.15, 0.2) is 12.3 Å². The fourth-order valence-electron chi connectivity index (χ4n) is 2.36. The topological polar surface area (TPSA) is 45.2 Å². The molecule has 4 nitrogen and oxygen atoms in total. The van der Waals surface area contributed by atoms with Crippen LogP contribution in [0, 0.1) is 0 Å². The van der Waals surface area contributed by atoms with Crippen molar-refractivity contribution in [2.24, 2.45) is 0 Å². The van der Waals surface area contributed by atoms with E-state index < -0.39 is 0 Å². The lowest BCUT2D eigenvalue weighted by molar-refractivity contribution is 0.0958. The summed E-state index contributed by atoms with van der Waals surface area (Å²) in [5.41, 5.74) is 2.81. The Morgan fingerprint density at radius 2 is 2.18 bits per heavy atom. The number of hydrogen-bond acceptors (Lipinski definition) is 3. The molecular weight excluding hydrogens is 214 g/mol. The molecule has 0 spiro atoms. The van der Waals surface area contributed by atoms with E-state index in [1.54, 1.807) is 13.2 Å². The Hall–Kier alpha value is -1.58. The molecule has 0 atom stereocenters. The first kappa shape index (κ1) is 11.9. The van der Waals surface area contributed by atoms with Crippen molar-refractivity contribution in [3.8, 4) is 0 Å². The van der Waals surface area contributed by atoms with Crippen molar-refractivity contribution in [3.63, 3.8) is 0 Å². The Balaban J connectivity index is 2.46. The lowest BCUT2D eigenvalue weighted by Gasteiger charge is -2.23. The Kier molecular flexibility index (Phi) is 3.61. The number of amides is 1. The zero-order chi connectivity index (χ0) is 12.3. The van der Waals surface area contributed by atoms with Gasteiger partial charge in [-0.15, -0.1) is 0 Å². The third-order valence-corrected chi connectivity index (χ3v) is 3.25. The van der Waals surface area contributed by atoms with E-state index in [4.69, 9.17) is 0 Å². The fourth-order valence-corrected chi connectivity index (χ4v) is 2.36. The average molecular weight is 233 g/mol. The van der Waals surface area contributed by atoms with E-state index >= 15 is 0 Å². The van der Waals surface area contributed by atoms with Gasteiger partial charge in [0.1, 0.15) is 0 Å². The number of nitrogens with zero attached hydrogens (tertiary/aromatic N) is 2. The second-order valence-electron chi connectivity index (χ2n) is 4.29. The van der Waals surface area contributed by atoms with Crippen LogP contribution in [0.2, 0.25) is 0 Å². The molecule has 0 unspecified atom stereocenters. The summed E-state index contributed by atoms with van der Waals surface area (Å²) in [4.78, 5) is 18.4. The SMILES string of the molecule is CCc1ccnc(C(=O)NC)c1N1CCCC1. The predicted octanol–water partition coefficient (Wildman–Crippen LogP) is 1.60. The van der Waals surface area contributed by atoms with Gasteiger partial charge in [0.25, 0.3) is 5.91 Å². The molecule has 0 radical (unpaired) electrons. The van der Waals surface area contributed by atoms with Crippen molar-refractivity contribution >= 4 is 11.6 Å². The number of hydrogen-bond donors (Lipinski definition) is 1. The molecule has 4 heteroatoms. The van der Waals surface area contributed by atoms with E-state index in [2.05, 4.69) is 22.1 Å². The number of carbonyl (C=O) groups is 1. The maximum atomic E-state index is 11.9. The monoisotopic (exact) mass is 233 g/mol. The summed E-state index contributed by atoms with van der Waals surface area (Å²) >= 11 is 0. The van der Waals surface area contributed by atoms with Gasteiger partial charge in [0.2, 0.25) is 0 Å². The second kappa shape index (κ2) is 5.17. The van der Waals surface area contributed by atoms with Crippen molar-refractivity contribution in [2.75, 3.05) is 25.0 Å². The summed E-state index contributed by atoms with van der Waals surface area (Å²) in [6, 6.07) is 2.01. The lowest BCUT2D eigenvalue weighted by atomic mass is 10.1. The minimum absolute atomic E-state index is 0.0952. The molecule has 2 rings (SSSR count). The number of pyridine rings is 1. The number of nitrogens with one attached hydrogen (secondary N) is 1. The highest BCUT2D eigenvalue weighted by Gasteiger charge is 2.22. The van der Waals surface area contributed by atoms with Gasteiger partial charge in [-0.05, 0) is 30.9 Å². The largest absolute Gasteiger partial charge is 0.369 e. The summed E-state index contributed by atoms with van der Waals surface area (Å²) in [6.45, 7) is 4.17. The summed E-state index contributed by atoms with van der Waals surface area (Å²) in [6.07, 6.45) is 5.05. The highest BCUT2D eigenvalue weighted by molar-refractivity contribution is 5.98. The molecule has 1 N–H and O–H groups in total. The maximum absolute atomic E-state index is 11.9. The molecule has 1 aromatic rings. The lowest BCUT2D eigenvalue weighted by Crippen LogP contribution is -2.27. The van der Waals surface area contributed by atoms with E-state index in [1.165, 1.54) is 18.4 Å². The van der Waals surface area contributed by atoms with Crippen LogP contribution in [-0.2, 0) is 6.42 Å². The molecule has 0 aromatic carbocycles. The van der Waals surface area contributed by atoms with Crippen LogP contribution < -0.4 is 10.2 Å². The highest BCUT2D eigenvalue weighted by atomic mass is 16.1. The first-order valence-corrected chi connectivity index (χ1v) is 6.22. The molecule has 92 valence electrons. The van der Waals surface area contributed by atoms with Gasteiger partial charge in [-0.25, -0.2) is 4.98 Å². The molecule has 0 saturated carbocycles. The van der Waals surface area contributed by atoms with Crippen LogP contribution in [0.4, 0.5) is 5.69 Å². The number of aryl methyl sites for hydroxylation is 1. The molecule has 0 aliphatic carbocycles. The summed E-state index contributed by atoms with van der Waals surface area (Å²) < 4.78 is 0. The minimum atomic E-state index is -0.0952. The fraction of sp³-hybridized carbons (Fsp3) is 0.538. The van der Waals surface area contributed by atoms with Crippen LogP contribution in [0.5, 0.6) is 0 Å². The van der Waals surface area contributed by atoms with E-state index in [0.29, 0.717) is 5.69 Å². The van der Waals surface area contributed by atoms with Crippen LogP contribution in [0.1, 0.15) is 35.8 Å². The van der Waals surface area contributed by atoms with E-state index in [9.17, 15) is 4.79 Å². The molecule has 1 aliphatic rings. The average Bonchev–Trinajstić information content (AvgIpc) is 2.90. The Morgan fingerprint density at radius 3 is 2.76 bits per heavy atom. The van der Waals surface area contributed by atoms with E-state index in [1.807, 2.05) is 6.07 Å². The van der Waals surface area contributed by atoms with E-state index in [-0.39, 0.29) is 5.91 Å².